The van der Waals surface area contributed by atoms with E-state index in [4.69, 9.17) is 0 Å². The van der Waals surface area contributed by atoms with E-state index in [1.165, 1.54) is 0 Å². The van der Waals surface area contributed by atoms with Gasteiger partial charge in [0.2, 0.25) is 0 Å². The van der Waals surface area contributed by atoms with Gasteiger partial charge in [-0.1, -0.05) is 0 Å². The van der Waals surface area contributed by atoms with Crippen LogP contribution in [0.4, 0.5) is 30.7 Å². The zero-order chi connectivity index (χ0) is 12.2. The lowest BCUT2D eigenvalue weighted by molar-refractivity contribution is -0.334. The minimum atomic E-state index is -6.26. The third kappa shape index (κ3) is 1.59. The maximum absolute atomic E-state index is 12.8. The lowest BCUT2D eigenvalue weighted by Crippen LogP contribution is -2.57. The molecule has 1 heterocycles. The molecule has 1 saturated heterocycles. The van der Waals surface area contributed by atoms with Crippen LogP contribution >= 0.6 is 0 Å². The summed E-state index contributed by atoms with van der Waals surface area (Å²) in [5.41, 5.74) is 0. The smallest absolute Gasteiger partial charge is 0.270 e. The number of hydrogen-bond donors (Lipinski definition) is 0. The molecule has 0 aromatic rings. The van der Waals surface area contributed by atoms with Crippen molar-refractivity contribution in [3.8, 4) is 0 Å². The molecule has 2 unspecified atom stereocenters. The van der Waals surface area contributed by atoms with E-state index in [1.807, 2.05) is 0 Å². The number of halogens is 7. The molecular weight excluding hydrogens is 232 g/mol. The Balaban J connectivity index is 2.96. The van der Waals surface area contributed by atoms with Gasteiger partial charge in [0, 0.05) is 0 Å². The fraction of sp³-hybridized carbons (Fsp3) is 1.00. The minimum absolute atomic E-state index is 0.597. The first-order chi connectivity index (χ1) is 6.44. The van der Waals surface area contributed by atoms with Crippen molar-refractivity contribution < 1.29 is 30.7 Å². The third-order valence-electron chi connectivity index (χ3n) is 2.25. The van der Waals surface area contributed by atoms with Crippen molar-refractivity contribution in [1.29, 1.82) is 0 Å². The van der Waals surface area contributed by atoms with Crippen LogP contribution in [0.5, 0.6) is 0 Å². The predicted octanol–water partition coefficient (Wildman–Crippen LogP) is 1.64. The molecule has 1 aliphatic heterocycles. The molecule has 1 fully saturated rings. The number of hydrazine groups is 1. The van der Waals surface area contributed by atoms with Crippen LogP contribution < -0.4 is 0 Å². The Kier molecular flexibility index (Phi) is 2.51. The fourth-order valence-corrected chi connectivity index (χ4v) is 1.19. The second kappa shape index (κ2) is 3.00. The maximum atomic E-state index is 12.8. The lowest BCUT2D eigenvalue weighted by Gasteiger charge is -2.26. The summed E-state index contributed by atoms with van der Waals surface area (Å²) < 4.78 is 85.6. The van der Waals surface area contributed by atoms with Crippen LogP contribution in [0.3, 0.4) is 0 Å². The van der Waals surface area contributed by atoms with Crippen LogP contribution in [0.15, 0.2) is 0 Å². The fourth-order valence-electron chi connectivity index (χ4n) is 1.19. The zero-order valence-corrected chi connectivity index (χ0v) is 7.62. The van der Waals surface area contributed by atoms with Gasteiger partial charge >= 0.3 is 24.9 Å². The Labute approximate surface area is 80.7 Å². The van der Waals surface area contributed by atoms with Crippen molar-refractivity contribution in [2.24, 2.45) is 0 Å². The Morgan fingerprint density at radius 3 is 1.33 bits per heavy atom. The monoisotopic (exact) mass is 238 g/mol. The quantitative estimate of drug-likeness (QED) is 0.409. The van der Waals surface area contributed by atoms with Crippen LogP contribution in [0, 0.1) is 0 Å². The summed E-state index contributed by atoms with van der Waals surface area (Å²) in [6.45, 7) is -2.23. The average Bonchev–Trinajstić information content (AvgIpc) is 2.57. The van der Waals surface area contributed by atoms with E-state index >= 15 is 0 Å². The maximum Gasteiger partial charge on any atom is 0.459 e. The SMILES string of the molecule is CN1B(C(F)(F)C(F)(F)C(F)(F)F)N1C. The van der Waals surface area contributed by atoms with E-state index in [2.05, 4.69) is 0 Å². The topological polar surface area (TPSA) is 6.02 Å². The van der Waals surface area contributed by atoms with Crippen molar-refractivity contribution in [2.45, 2.75) is 17.9 Å². The Hall–Kier alpha value is -0.505. The van der Waals surface area contributed by atoms with Gasteiger partial charge in [-0.05, 0) is 14.1 Å². The molecule has 10 heteroatoms. The van der Waals surface area contributed by atoms with Gasteiger partial charge in [-0.2, -0.15) is 22.0 Å². The Morgan fingerprint density at radius 2 is 1.13 bits per heavy atom. The van der Waals surface area contributed by atoms with Crippen LogP contribution in [0.1, 0.15) is 0 Å². The van der Waals surface area contributed by atoms with E-state index in [0.717, 1.165) is 14.1 Å². The Morgan fingerprint density at radius 1 is 0.800 bits per heavy atom. The normalized spacial score (nSPS) is 28.2. The molecule has 88 valence electrons. The molecule has 0 amide bonds. The summed E-state index contributed by atoms with van der Waals surface area (Å²) in [6, 6.07) is 0. The van der Waals surface area contributed by atoms with Crippen LogP contribution in [0.25, 0.3) is 0 Å². The number of nitrogens with zero attached hydrogens (tertiary/aromatic N) is 2. The first-order valence-corrected chi connectivity index (χ1v) is 3.72. The van der Waals surface area contributed by atoms with E-state index in [0.29, 0.717) is 9.84 Å². The van der Waals surface area contributed by atoms with Gasteiger partial charge in [-0.3, -0.25) is 9.84 Å². The zero-order valence-electron chi connectivity index (χ0n) is 7.62. The molecule has 0 spiro atoms. The van der Waals surface area contributed by atoms with Gasteiger partial charge < -0.3 is 0 Å². The first kappa shape index (κ1) is 12.6. The predicted molar refractivity (Wildman–Crippen MR) is 37.2 cm³/mol. The van der Waals surface area contributed by atoms with E-state index in [1.54, 1.807) is 0 Å². The van der Waals surface area contributed by atoms with Crippen molar-refractivity contribution in [3.05, 3.63) is 0 Å². The van der Waals surface area contributed by atoms with Crippen LogP contribution in [0.2, 0.25) is 0 Å². The Bertz CT molecular complexity index is 257. The minimum Gasteiger partial charge on any atom is -0.270 e. The second-order valence-electron chi connectivity index (χ2n) is 3.22. The van der Waals surface area contributed by atoms with Crippen molar-refractivity contribution >= 4 is 6.98 Å². The van der Waals surface area contributed by atoms with Gasteiger partial charge in [0.15, 0.2) is 0 Å². The van der Waals surface area contributed by atoms with Crippen LogP contribution in [-0.2, 0) is 0 Å². The molecule has 2 atom stereocenters. The highest BCUT2D eigenvalue weighted by molar-refractivity contribution is 6.63. The summed E-state index contributed by atoms with van der Waals surface area (Å²) in [7, 11) is 1.98. The highest BCUT2D eigenvalue weighted by Crippen LogP contribution is 2.50. The third-order valence-corrected chi connectivity index (χ3v) is 2.25. The number of rotatable bonds is 2. The van der Waals surface area contributed by atoms with E-state index in [-0.39, 0.29) is 0 Å². The van der Waals surface area contributed by atoms with Gasteiger partial charge in [0.1, 0.15) is 0 Å². The van der Waals surface area contributed by atoms with Gasteiger partial charge in [-0.15, -0.1) is 0 Å². The molecule has 2 nitrogen and oxygen atoms in total. The molecule has 0 aliphatic carbocycles. The highest BCUT2D eigenvalue weighted by Gasteiger charge is 2.82. The summed E-state index contributed by atoms with van der Waals surface area (Å²) in [5, 5.41) is 0. The van der Waals surface area contributed by atoms with Gasteiger partial charge in [0.05, 0.1) is 0 Å². The molecule has 0 aromatic heterocycles. The highest BCUT2D eigenvalue weighted by atomic mass is 19.4. The summed E-state index contributed by atoms with van der Waals surface area (Å²) in [5.74, 6) is -11.2. The van der Waals surface area contributed by atoms with Gasteiger partial charge in [-0.25, -0.2) is 8.78 Å². The standard InChI is InChI=1S/C5H6BF7N2/c1-14-6(15(14)2)4(9,10)3(7,8)5(11,12)13/h1-2H3. The average molecular weight is 238 g/mol. The second-order valence-corrected chi connectivity index (χ2v) is 3.22. The summed E-state index contributed by atoms with van der Waals surface area (Å²) in [6.07, 6.45) is -6.26. The first-order valence-electron chi connectivity index (χ1n) is 3.72. The summed E-state index contributed by atoms with van der Waals surface area (Å²) in [4.78, 5) is 1.19. The molecule has 0 aromatic carbocycles. The van der Waals surface area contributed by atoms with Crippen molar-refractivity contribution in [3.63, 3.8) is 0 Å². The molecule has 0 saturated carbocycles. The number of alkyl halides is 7. The van der Waals surface area contributed by atoms with Crippen molar-refractivity contribution in [1.82, 2.24) is 9.84 Å². The number of hydrogen-bond acceptors (Lipinski definition) is 2. The molecule has 0 bridgehead atoms. The van der Waals surface area contributed by atoms with Gasteiger partial charge in [0.25, 0.3) is 0 Å². The molecular formula is C5H6BF7N2. The van der Waals surface area contributed by atoms with E-state index < -0.39 is 24.9 Å². The van der Waals surface area contributed by atoms with E-state index in [9.17, 15) is 30.7 Å². The van der Waals surface area contributed by atoms with Crippen LogP contribution in [-0.4, -0.2) is 48.8 Å². The molecule has 1 aliphatic rings. The largest absolute Gasteiger partial charge is 0.459 e. The lowest BCUT2D eigenvalue weighted by atomic mass is 9.71. The molecule has 0 N–H and O–H groups in total. The molecule has 0 radical (unpaired) electrons. The van der Waals surface area contributed by atoms with Crippen molar-refractivity contribution in [2.75, 3.05) is 14.1 Å². The summed E-state index contributed by atoms with van der Waals surface area (Å²) >= 11 is 0. The molecule has 15 heavy (non-hydrogen) atoms. The molecule has 1 rings (SSSR count).